The number of aromatic hydroxyl groups is 1. The summed E-state index contributed by atoms with van der Waals surface area (Å²) in [5.41, 5.74) is 2.07. The highest BCUT2D eigenvalue weighted by Crippen LogP contribution is 2.53. The first-order chi connectivity index (χ1) is 8.33. The number of phenolic OH excluding ortho intramolecular Hbond substituents is 1. The van der Waals surface area contributed by atoms with Crippen molar-refractivity contribution in [3.63, 3.8) is 0 Å². The van der Waals surface area contributed by atoms with Crippen LogP contribution >= 0.6 is 0 Å². The van der Waals surface area contributed by atoms with E-state index in [-0.39, 0.29) is 0 Å². The SMILES string of the molecule is Oc1cccc(C2=NOC3C2[C@H]2CC[C@@H]3C2)c1. The van der Waals surface area contributed by atoms with E-state index in [1.807, 2.05) is 12.1 Å². The number of benzene rings is 1. The zero-order valence-corrected chi connectivity index (χ0v) is 9.54. The summed E-state index contributed by atoms with van der Waals surface area (Å²) < 4.78 is 0. The third-order valence-corrected chi connectivity index (χ3v) is 4.57. The largest absolute Gasteiger partial charge is 0.508 e. The Morgan fingerprint density at radius 1 is 1.24 bits per heavy atom. The lowest BCUT2D eigenvalue weighted by molar-refractivity contribution is 0.0275. The van der Waals surface area contributed by atoms with E-state index in [0.717, 1.165) is 17.2 Å². The molecule has 2 saturated carbocycles. The van der Waals surface area contributed by atoms with Gasteiger partial charge in [-0.25, -0.2) is 0 Å². The van der Waals surface area contributed by atoms with Gasteiger partial charge in [0, 0.05) is 11.5 Å². The topological polar surface area (TPSA) is 41.8 Å². The second kappa shape index (κ2) is 3.25. The normalized spacial score (nSPS) is 37.8. The number of nitrogens with zero attached hydrogens (tertiary/aromatic N) is 1. The van der Waals surface area contributed by atoms with Crippen molar-refractivity contribution in [1.82, 2.24) is 0 Å². The molecule has 3 aliphatic rings. The van der Waals surface area contributed by atoms with Crippen molar-refractivity contribution >= 4 is 5.71 Å². The van der Waals surface area contributed by atoms with E-state index in [1.165, 1.54) is 19.3 Å². The smallest absolute Gasteiger partial charge is 0.139 e. The van der Waals surface area contributed by atoms with E-state index in [1.54, 1.807) is 12.1 Å². The standard InChI is InChI=1S/C14H15NO2/c16-11-3-1-2-9(7-11)13-12-8-4-5-10(6-8)14(12)17-15-13/h1-3,7-8,10,12,14,16H,4-6H2/t8-,10+,12?,14?/m0/s1. The molecule has 0 aromatic heterocycles. The molecule has 88 valence electrons. The molecule has 1 heterocycles. The summed E-state index contributed by atoms with van der Waals surface area (Å²) in [5, 5.41) is 13.8. The lowest BCUT2D eigenvalue weighted by atomic mass is 9.81. The van der Waals surface area contributed by atoms with Gasteiger partial charge in [-0.3, -0.25) is 0 Å². The Morgan fingerprint density at radius 2 is 2.12 bits per heavy atom. The van der Waals surface area contributed by atoms with Crippen LogP contribution in [0.5, 0.6) is 5.75 Å². The first-order valence-electron chi connectivity index (χ1n) is 6.36. The van der Waals surface area contributed by atoms with Gasteiger partial charge in [-0.2, -0.15) is 0 Å². The molecule has 1 aromatic rings. The van der Waals surface area contributed by atoms with E-state index in [4.69, 9.17) is 4.84 Å². The van der Waals surface area contributed by atoms with Crippen molar-refractivity contribution in [3.8, 4) is 5.75 Å². The van der Waals surface area contributed by atoms with Gasteiger partial charge in [0.05, 0.1) is 5.71 Å². The van der Waals surface area contributed by atoms with Crippen molar-refractivity contribution in [3.05, 3.63) is 29.8 Å². The summed E-state index contributed by atoms with van der Waals surface area (Å²) >= 11 is 0. The van der Waals surface area contributed by atoms with Crippen LogP contribution in [0.4, 0.5) is 0 Å². The summed E-state index contributed by atoms with van der Waals surface area (Å²) in [6.45, 7) is 0. The molecule has 1 aliphatic heterocycles. The van der Waals surface area contributed by atoms with Crippen molar-refractivity contribution in [2.45, 2.75) is 25.4 Å². The Kier molecular flexibility index (Phi) is 1.82. The van der Waals surface area contributed by atoms with Crippen molar-refractivity contribution in [2.75, 3.05) is 0 Å². The third kappa shape index (κ3) is 1.25. The predicted octanol–water partition coefficient (Wildman–Crippen LogP) is 2.54. The maximum Gasteiger partial charge on any atom is 0.139 e. The van der Waals surface area contributed by atoms with Gasteiger partial charge in [-0.15, -0.1) is 0 Å². The molecule has 2 fully saturated rings. The zero-order chi connectivity index (χ0) is 11.4. The summed E-state index contributed by atoms with van der Waals surface area (Å²) in [6.07, 6.45) is 4.22. The van der Waals surface area contributed by atoms with E-state index in [2.05, 4.69) is 5.16 Å². The number of phenols is 1. The number of rotatable bonds is 1. The maximum absolute atomic E-state index is 9.55. The van der Waals surface area contributed by atoms with Crippen LogP contribution in [0.25, 0.3) is 0 Å². The van der Waals surface area contributed by atoms with Crippen LogP contribution in [-0.2, 0) is 4.84 Å². The summed E-state index contributed by atoms with van der Waals surface area (Å²) in [4.78, 5) is 5.62. The van der Waals surface area contributed by atoms with Crippen LogP contribution in [0.2, 0.25) is 0 Å². The number of hydrogen-bond donors (Lipinski definition) is 1. The fraction of sp³-hybridized carbons (Fsp3) is 0.500. The fourth-order valence-electron chi connectivity index (χ4n) is 3.86. The second-order valence-electron chi connectivity index (χ2n) is 5.46. The first kappa shape index (κ1) is 9.51. The Labute approximate surface area is 100 Å². The molecule has 3 nitrogen and oxygen atoms in total. The molecule has 3 heteroatoms. The van der Waals surface area contributed by atoms with Gasteiger partial charge in [0.15, 0.2) is 0 Å². The third-order valence-electron chi connectivity index (χ3n) is 4.57. The van der Waals surface area contributed by atoms with Crippen LogP contribution in [0, 0.1) is 17.8 Å². The number of hydrogen-bond acceptors (Lipinski definition) is 3. The van der Waals surface area contributed by atoms with Gasteiger partial charge in [0.2, 0.25) is 0 Å². The highest BCUT2D eigenvalue weighted by Gasteiger charge is 2.54. The summed E-state index contributed by atoms with van der Waals surface area (Å²) in [6, 6.07) is 7.36. The molecular formula is C14H15NO2. The number of oxime groups is 1. The molecule has 0 spiro atoms. The predicted molar refractivity (Wildman–Crippen MR) is 63.8 cm³/mol. The zero-order valence-electron chi connectivity index (χ0n) is 9.54. The molecule has 0 saturated heterocycles. The van der Waals surface area contributed by atoms with Crippen LogP contribution in [0.15, 0.2) is 29.4 Å². The second-order valence-corrected chi connectivity index (χ2v) is 5.46. The average Bonchev–Trinajstić information content (AvgIpc) is 3.02. The Hall–Kier alpha value is -1.51. The quantitative estimate of drug-likeness (QED) is 0.804. The molecule has 2 unspecified atom stereocenters. The molecule has 4 atom stereocenters. The summed E-state index contributed by atoms with van der Waals surface area (Å²) in [7, 11) is 0. The summed E-state index contributed by atoms with van der Waals surface area (Å²) in [5.74, 6) is 2.23. The highest BCUT2D eigenvalue weighted by atomic mass is 16.6. The number of fused-ring (bicyclic) bond motifs is 5. The van der Waals surface area contributed by atoms with Gasteiger partial charge in [0.1, 0.15) is 11.9 Å². The first-order valence-corrected chi connectivity index (χ1v) is 6.36. The Balaban J connectivity index is 1.72. The molecule has 4 rings (SSSR count). The molecule has 0 radical (unpaired) electrons. The van der Waals surface area contributed by atoms with Gasteiger partial charge < -0.3 is 9.94 Å². The van der Waals surface area contributed by atoms with E-state index in [0.29, 0.717) is 23.7 Å². The molecule has 0 amide bonds. The highest BCUT2D eigenvalue weighted by molar-refractivity contribution is 6.03. The maximum atomic E-state index is 9.55. The van der Waals surface area contributed by atoms with E-state index in [9.17, 15) is 5.11 Å². The van der Waals surface area contributed by atoms with Gasteiger partial charge >= 0.3 is 0 Å². The van der Waals surface area contributed by atoms with Crippen molar-refractivity contribution < 1.29 is 9.94 Å². The van der Waals surface area contributed by atoms with Crippen molar-refractivity contribution in [1.29, 1.82) is 0 Å². The Bertz CT molecular complexity index is 497. The van der Waals surface area contributed by atoms with Gasteiger partial charge in [0.25, 0.3) is 0 Å². The van der Waals surface area contributed by atoms with E-state index < -0.39 is 0 Å². The lowest BCUT2D eigenvalue weighted by Gasteiger charge is -2.23. The average molecular weight is 229 g/mol. The van der Waals surface area contributed by atoms with E-state index >= 15 is 0 Å². The van der Waals surface area contributed by atoms with Crippen LogP contribution in [0.1, 0.15) is 24.8 Å². The monoisotopic (exact) mass is 229 g/mol. The van der Waals surface area contributed by atoms with Crippen molar-refractivity contribution in [2.24, 2.45) is 22.9 Å². The minimum absolute atomic E-state index is 0.303. The lowest BCUT2D eigenvalue weighted by Crippen LogP contribution is -2.29. The van der Waals surface area contributed by atoms with Crippen LogP contribution < -0.4 is 0 Å². The molecule has 2 bridgehead atoms. The van der Waals surface area contributed by atoms with Gasteiger partial charge in [-0.1, -0.05) is 17.3 Å². The molecule has 17 heavy (non-hydrogen) atoms. The molecule has 2 aliphatic carbocycles. The Morgan fingerprint density at radius 3 is 3.00 bits per heavy atom. The van der Waals surface area contributed by atoms with Crippen LogP contribution in [0.3, 0.4) is 0 Å². The minimum Gasteiger partial charge on any atom is -0.508 e. The fourth-order valence-corrected chi connectivity index (χ4v) is 3.86. The van der Waals surface area contributed by atoms with Gasteiger partial charge in [-0.05, 0) is 43.2 Å². The minimum atomic E-state index is 0.303. The molecule has 1 N–H and O–H groups in total. The molecule has 1 aromatic carbocycles. The molecular weight excluding hydrogens is 214 g/mol. The van der Waals surface area contributed by atoms with Crippen LogP contribution in [-0.4, -0.2) is 16.9 Å².